The maximum absolute atomic E-state index is 15.5. The lowest BCUT2D eigenvalue weighted by Crippen LogP contribution is -2.70. The summed E-state index contributed by atoms with van der Waals surface area (Å²) < 4.78 is 21.3. The minimum absolute atomic E-state index is 0.000799. The van der Waals surface area contributed by atoms with E-state index in [4.69, 9.17) is 24.2 Å². The van der Waals surface area contributed by atoms with Gasteiger partial charge in [-0.25, -0.2) is 0 Å². The van der Waals surface area contributed by atoms with E-state index in [1.54, 1.807) is 18.2 Å². The van der Waals surface area contributed by atoms with Crippen LogP contribution in [0.4, 0.5) is 5.69 Å². The SMILES string of the molecule is C=CCO[C@@]12Oc3ccc(Oc4cccc([N+](=O)[O-])c4)cc3[C@H]3[C@H](CCCCO)[C@@H](CCCCO)C=C(C(=NOC(C)(C)C)C[C@@H]1N(Cc1cccc4ccccc14)C(=O)CCCCCCCCCCC)[C@H]32. The molecule has 2 N–H and O–H groups in total. The maximum atomic E-state index is 15.5. The van der Waals surface area contributed by atoms with Crippen LogP contribution >= 0.6 is 0 Å². The Hall–Kier alpha value is -5.56. The van der Waals surface area contributed by atoms with Crippen LogP contribution in [0.5, 0.6) is 17.2 Å². The van der Waals surface area contributed by atoms with Crippen LogP contribution in [0.2, 0.25) is 0 Å². The number of non-ortho nitro benzene ring substituents is 1. The Bertz CT molecular complexity index is 2490. The topological polar surface area (TPSA) is 153 Å². The van der Waals surface area contributed by atoms with Gasteiger partial charge in [-0.1, -0.05) is 137 Å². The zero-order chi connectivity index (χ0) is 51.1. The molecule has 2 aliphatic carbocycles. The Morgan fingerprint density at radius 3 is 2.29 bits per heavy atom. The lowest BCUT2D eigenvalue weighted by atomic mass is 9.55. The molecular weight excluding hydrogens is 907 g/mol. The number of benzene rings is 4. The van der Waals surface area contributed by atoms with Gasteiger partial charge in [0.15, 0.2) is 0 Å². The van der Waals surface area contributed by atoms with Crippen molar-refractivity contribution in [3.05, 3.63) is 130 Å². The molecule has 12 heteroatoms. The average Bonchev–Trinajstić information content (AvgIpc) is 3.37. The van der Waals surface area contributed by atoms with Gasteiger partial charge in [-0.15, -0.1) is 6.58 Å². The van der Waals surface area contributed by atoms with Gasteiger partial charge in [0.25, 0.3) is 5.69 Å². The number of unbranched alkanes of at least 4 members (excludes halogenated alkanes) is 10. The highest BCUT2D eigenvalue weighted by molar-refractivity contribution is 6.03. The van der Waals surface area contributed by atoms with E-state index in [9.17, 15) is 20.3 Å². The zero-order valence-electron chi connectivity index (χ0n) is 43.3. The number of nitro groups is 1. The molecule has 0 aromatic heterocycles. The summed E-state index contributed by atoms with van der Waals surface area (Å²) in [7, 11) is 0. The van der Waals surface area contributed by atoms with Crippen molar-refractivity contribution in [2.24, 2.45) is 22.9 Å². The summed E-state index contributed by atoms with van der Waals surface area (Å²) in [6.07, 6.45) is 19.4. The summed E-state index contributed by atoms with van der Waals surface area (Å²) in [6.45, 7) is 12.9. The fraction of sp³-hybridized carbons (Fsp3) is 0.533. The molecule has 1 saturated carbocycles. The maximum Gasteiger partial charge on any atom is 0.273 e. The number of aliphatic hydroxyl groups excluding tert-OH is 2. The first-order chi connectivity index (χ1) is 34.9. The van der Waals surface area contributed by atoms with E-state index in [2.05, 4.69) is 49.9 Å². The first-order valence-corrected chi connectivity index (χ1v) is 26.9. The van der Waals surface area contributed by atoms with E-state index in [0.29, 0.717) is 49.5 Å². The van der Waals surface area contributed by atoms with Crippen LogP contribution in [0.25, 0.3) is 10.8 Å². The third-order valence-electron chi connectivity index (χ3n) is 14.7. The molecule has 7 rings (SSSR count). The van der Waals surface area contributed by atoms with Gasteiger partial charge >= 0.3 is 0 Å². The summed E-state index contributed by atoms with van der Waals surface area (Å²) in [5, 5.41) is 39.2. The minimum Gasteiger partial charge on any atom is -0.459 e. The van der Waals surface area contributed by atoms with Crippen molar-refractivity contribution in [2.45, 2.75) is 167 Å². The third-order valence-corrected chi connectivity index (χ3v) is 14.7. The highest BCUT2D eigenvalue weighted by Crippen LogP contribution is 2.62. The minimum atomic E-state index is -1.44. The zero-order valence-corrected chi connectivity index (χ0v) is 43.3. The highest BCUT2D eigenvalue weighted by Gasteiger charge is 2.65. The lowest BCUT2D eigenvalue weighted by molar-refractivity contribution is -0.384. The lowest BCUT2D eigenvalue weighted by Gasteiger charge is -2.60. The Morgan fingerprint density at radius 1 is 0.875 bits per heavy atom. The average molecular weight is 986 g/mol. The van der Waals surface area contributed by atoms with Crippen LogP contribution in [-0.2, 0) is 20.9 Å². The normalized spacial score (nSPS) is 21.8. The molecule has 0 bridgehead atoms. The molecular formula is C60H79N3O9. The van der Waals surface area contributed by atoms with Crippen LogP contribution in [0.1, 0.15) is 154 Å². The van der Waals surface area contributed by atoms with Crippen molar-refractivity contribution >= 4 is 28.1 Å². The van der Waals surface area contributed by atoms with Crippen molar-refractivity contribution in [1.29, 1.82) is 0 Å². The number of oxime groups is 1. The van der Waals surface area contributed by atoms with Crippen molar-refractivity contribution in [3.63, 3.8) is 0 Å². The van der Waals surface area contributed by atoms with Gasteiger partial charge in [-0.3, -0.25) is 14.9 Å². The highest BCUT2D eigenvalue weighted by atomic mass is 16.7. The molecule has 1 amide bonds. The second kappa shape index (κ2) is 25.9. The van der Waals surface area contributed by atoms with Crippen LogP contribution in [0.3, 0.4) is 0 Å². The second-order valence-corrected chi connectivity index (χ2v) is 21.1. The molecule has 1 aliphatic heterocycles. The number of fused-ring (bicyclic) bond motifs is 3. The number of aliphatic hydroxyl groups is 2. The van der Waals surface area contributed by atoms with Crippen molar-refractivity contribution in [2.75, 3.05) is 19.8 Å². The summed E-state index contributed by atoms with van der Waals surface area (Å²) in [4.78, 5) is 35.3. The fourth-order valence-electron chi connectivity index (χ4n) is 11.4. The van der Waals surface area contributed by atoms with Crippen LogP contribution in [0, 0.1) is 27.9 Å². The largest absolute Gasteiger partial charge is 0.459 e. The van der Waals surface area contributed by atoms with Crippen LogP contribution in [0.15, 0.2) is 114 Å². The second-order valence-electron chi connectivity index (χ2n) is 21.1. The van der Waals surface area contributed by atoms with E-state index in [-0.39, 0.29) is 49.2 Å². The molecule has 0 spiro atoms. The molecule has 0 saturated heterocycles. The molecule has 1 fully saturated rings. The predicted octanol–water partition coefficient (Wildman–Crippen LogP) is 13.9. The van der Waals surface area contributed by atoms with Crippen molar-refractivity contribution < 1.29 is 39.0 Å². The molecule has 4 aromatic rings. The number of allylic oxidation sites excluding steroid dienone is 1. The Balaban J connectivity index is 1.41. The van der Waals surface area contributed by atoms with Crippen LogP contribution in [-0.4, -0.2) is 68.9 Å². The standard InChI is InChI=1S/C60H79N3O9/c1-6-8-9-10-11-12-13-14-15-32-56(66)62(42-45-27-22-26-43-24-16-17-30-49(43)45)55-41-53(61-72-59(3,4)5)51-38-44(25-18-20-35-64)50(31-19-21-36-65)57-52-40-48(70-47-29-23-28-46(39-47)63(67)68)33-34-54(52)71-60(55,58(51)57)69-37-7-2/h7,16-17,22-24,26-30,33-34,38-40,44,50,55,57-58,64-65H,2,6,8-15,18-21,25,31-32,35-37,41-42H2,1,3-5H3/t44-,50+,55-,57+,58+,60+/m0/s1. The van der Waals surface area contributed by atoms with Gasteiger partial charge < -0.3 is 34.2 Å². The van der Waals surface area contributed by atoms with Crippen molar-refractivity contribution in [3.8, 4) is 17.2 Å². The molecule has 1 heterocycles. The summed E-state index contributed by atoms with van der Waals surface area (Å²) in [6, 6.07) is 25.8. The molecule has 388 valence electrons. The smallest absolute Gasteiger partial charge is 0.273 e. The number of ether oxygens (including phenoxy) is 3. The van der Waals surface area contributed by atoms with E-state index < -0.39 is 28.3 Å². The molecule has 6 atom stereocenters. The number of rotatable bonds is 28. The Kier molecular flexibility index (Phi) is 19.5. The van der Waals surface area contributed by atoms with E-state index in [1.807, 2.05) is 56.0 Å². The van der Waals surface area contributed by atoms with Gasteiger partial charge in [0, 0.05) is 50.1 Å². The predicted molar refractivity (Wildman–Crippen MR) is 285 cm³/mol. The van der Waals surface area contributed by atoms with Gasteiger partial charge in [0.2, 0.25) is 11.7 Å². The van der Waals surface area contributed by atoms with E-state index >= 15 is 4.79 Å². The molecule has 4 aromatic carbocycles. The number of amides is 1. The number of nitrogens with zero attached hydrogens (tertiary/aromatic N) is 3. The first-order valence-electron chi connectivity index (χ1n) is 26.9. The molecule has 12 nitrogen and oxygen atoms in total. The van der Waals surface area contributed by atoms with Gasteiger partial charge in [0.05, 0.1) is 29.2 Å². The molecule has 0 radical (unpaired) electrons. The van der Waals surface area contributed by atoms with Gasteiger partial charge in [0.1, 0.15) is 28.9 Å². The number of hydrogen-bond donors (Lipinski definition) is 2. The Morgan fingerprint density at radius 2 is 1.57 bits per heavy atom. The summed E-state index contributed by atoms with van der Waals surface area (Å²) in [5.74, 6) is -0.757. The number of carbonyl (C=O) groups excluding carboxylic acids is 1. The first kappa shape index (κ1) is 54.2. The van der Waals surface area contributed by atoms with E-state index in [0.717, 1.165) is 84.6 Å². The fourth-order valence-corrected chi connectivity index (χ4v) is 11.4. The molecule has 0 unspecified atom stereocenters. The summed E-state index contributed by atoms with van der Waals surface area (Å²) >= 11 is 0. The quantitative estimate of drug-likeness (QED) is 0.0245. The number of carbonyl (C=O) groups is 1. The number of nitro benzene ring substituents is 1. The monoisotopic (exact) mass is 986 g/mol. The van der Waals surface area contributed by atoms with Crippen LogP contribution < -0.4 is 9.47 Å². The molecule has 72 heavy (non-hydrogen) atoms. The van der Waals surface area contributed by atoms with Gasteiger partial charge in [-0.05, 0) is 111 Å². The summed E-state index contributed by atoms with van der Waals surface area (Å²) in [5.41, 5.74) is 2.89. The third kappa shape index (κ3) is 13.3. The number of hydrogen-bond acceptors (Lipinski definition) is 10. The Labute approximate surface area is 427 Å². The van der Waals surface area contributed by atoms with Crippen molar-refractivity contribution in [1.82, 2.24) is 4.90 Å². The van der Waals surface area contributed by atoms with Gasteiger partial charge in [-0.2, -0.15) is 0 Å². The molecule has 3 aliphatic rings. The van der Waals surface area contributed by atoms with E-state index in [1.165, 1.54) is 44.2 Å².